The Kier molecular flexibility index (Phi) is 10.2. The Morgan fingerprint density at radius 3 is 1.48 bits per heavy atom. The number of likely N-dealkylation sites (tertiary alicyclic amines) is 2. The van der Waals surface area contributed by atoms with Crippen LogP contribution in [0.1, 0.15) is 86.5 Å². The maximum Gasteiger partial charge on any atom is 0.415 e. The average molecular weight is 911 g/mol. The largest absolute Gasteiger partial charge is 0.477 e. The van der Waals surface area contributed by atoms with Gasteiger partial charge in [-0.3, -0.25) is 19.4 Å². The van der Waals surface area contributed by atoms with E-state index in [9.17, 15) is 29.4 Å². The number of aliphatic hydroxyl groups is 2. The highest BCUT2D eigenvalue weighted by Crippen LogP contribution is 2.67. The quantitative estimate of drug-likeness (QED) is 0.248. The number of carbonyl (C=O) groups excluding carboxylic acids is 4. The molecular formula is C50H62N4O12. The lowest BCUT2D eigenvalue weighted by atomic mass is 9.49. The second-order valence-corrected chi connectivity index (χ2v) is 21.2. The lowest BCUT2D eigenvalue weighted by Crippen LogP contribution is -2.76. The summed E-state index contributed by atoms with van der Waals surface area (Å²) in [5.74, 6) is 2.69. The van der Waals surface area contributed by atoms with E-state index in [1.54, 1.807) is 26.2 Å². The van der Waals surface area contributed by atoms with Crippen molar-refractivity contribution in [2.75, 3.05) is 79.8 Å². The molecule has 2 saturated heterocycles. The summed E-state index contributed by atoms with van der Waals surface area (Å²) in [5, 5.41) is 25.1. The molecule has 2 aromatic rings. The summed E-state index contributed by atoms with van der Waals surface area (Å²) in [7, 11) is 3.25. The van der Waals surface area contributed by atoms with Crippen LogP contribution in [-0.4, -0.2) is 169 Å². The van der Waals surface area contributed by atoms with Gasteiger partial charge in [0.25, 0.3) is 0 Å². The SMILES string of the molecule is CN(CCOCCOCCN(C)C(=O)Oc1ccc2c3c1O[C@@H]1C(=O)CC[C@]4(O)[C@H](C2)N(CC2CC2)CC[C@@]314)C(=O)Oc1ccc2c3c1O[C@@H]1C(=O)CC[C@]4(O)[C@H](C2)N(CC2CC2)CC[C@@]314. The number of hydrogen-bond acceptors (Lipinski definition) is 14. The van der Waals surface area contributed by atoms with Crippen molar-refractivity contribution >= 4 is 23.8 Å². The minimum absolute atomic E-state index is 0.00681. The van der Waals surface area contributed by atoms with Gasteiger partial charge in [-0.1, -0.05) is 12.1 Å². The number of hydrogen-bond donors (Lipinski definition) is 2. The number of piperidine rings is 2. The van der Waals surface area contributed by atoms with Gasteiger partial charge in [0.2, 0.25) is 0 Å². The Labute approximate surface area is 384 Å². The summed E-state index contributed by atoms with van der Waals surface area (Å²) in [4.78, 5) is 61.3. The molecule has 2 amide bonds. The third-order valence-electron chi connectivity index (χ3n) is 17.6. The first-order valence-corrected chi connectivity index (χ1v) is 24.5. The fraction of sp³-hybridized carbons (Fsp3) is 0.680. The van der Waals surface area contributed by atoms with Crippen molar-refractivity contribution in [2.45, 2.75) is 123 Å². The van der Waals surface area contributed by atoms with Crippen molar-refractivity contribution in [2.24, 2.45) is 11.8 Å². The molecule has 354 valence electrons. The summed E-state index contributed by atoms with van der Waals surface area (Å²) < 4.78 is 36.2. The van der Waals surface area contributed by atoms with E-state index >= 15 is 0 Å². The molecule has 6 aliphatic carbocycles. The van der Waals surface area contributed by atoms with Gasteiger partial charge in [0.1, 0.15) is 0 Å². The minimum atomic E-state index is -1.09. The van der Waals surface area contributed by atoms with E-state index in [2.05, 4.69) is 9.80 Å². The van der Waals surface area contributed by atoms with Crippen LogP contribution in [0.5, 0.6) is 23.0 Å². The number of amides is 2. The molecule has 16 heteroatoms. The zero-order valence-electron chi connectivity index (χ0n) is 38.1. The van der Waals surface area contributed by atoms with Crippen molar-refractivity contribution in [3.05, 3.63) is 46.5 Å². The summed E-state index contributed by atoms with van der Waals surface area (Å²) >= 11 is 0. The van der Waals surface area contributed by atoms with E-state index in [0.29, 0.717) is 61.9 Å². The van der Waals surface area contributed by atoms with Gasteiger partial charge in [0.15, 0.2) is 46.8 Å². The predicted molar refractivity (Wildman–Crippen MR) is 235 cm³/mol. The molecule has 16 nitrogen and oxygen atoms in total. The van der Waals surface area contributed by atoms with E-state index in [1.165, 1.54) is 35.5 Å². The van der Waals surface area contributed by atoms with Crippen LogP contribution in [0.2, 0.25) is 0 Å². The van der Waals surface area contributed by atoms with Crippen LogP contribution in [0.15, 0.2) is 24.3 Å². The van der Waals surface area contributed by atoms with Crippen LogP contribution in [-0.2, 0) is 42.7 Å². The number of Topliss-reactive ketones (excluding diaryl/α,β-unsaturated/α-hetero) is 2. The van der Waals surface area contributed by atoms with E-state index in [4.69, 9.17) is 28.4 Å². The van der Waals surface area contributed by atoms with Gasteiger partial charge in [-0.25, -0.2) is 9.59 Å². The molecule has 0 unspecified atom stereocenters. The first-order valence-electron chi connectivity index (χ1n) is 24.5. The Balaban J connectivity index is 0.609. The maximum atomic E-state index is 13.4. The molecule has 2 spiro atoms. The standard InChI is InChI=1S/C50H62N4O12/c1-51(45(57)63-35-9-7-31-25-37-49(59)13-11-33(55)43-47(49,39(31)41(35)65-43)15-17-53(37)27-29-3-4-29)19-21-61-23-24-62-22-20-52(2)46(58)64-36-10-8-32-26-38-50(60)14-12-34(56)44-48(50,40(32)42(36)66-44)16-18-54(38)28-30-5-6-30/h7-10,29-30,37-38,43-44,59-60H,3-6,11-28H2,1-2H3/t37-,38-,43+,44+,47+,48+,49-,50-/m0/s1. The zero-order chi connectivity index (χ0) is 45.3. The Bertz CT molecular complexity index is 2210. The molecule has 4 heterocycles. The van der Waals surface area contributed by atoms with E-state index in [1.807, 2.05) is 12.1 Å². The molecule has 4 aliphatic heterocycles. The van der Waals surface area contributed by atoms with E-state index in [0.717, 1.165) is 48.4 Å². The van der Waals surface area contributed by atoms with Gasteiger partial charge < -0.3 is 48.4 Å². The molecule has 12 rings (SSSR count). The number of nitrogens with zero attached hydrogens (tertiary/aromatic N) is 4. The van der Waals surface area contributed by atoms with Crippen molar-refractivity contribution in [3.63, 3.8) is 0 Å². The number of benzene rings is 2. The molecular weight excluding hydrogens is 849 g/mol. The number of carbonyl (C=O) groups is 4. The monoisotopic (exact) mass is 910 g/mol. The first kappa shape index (κ1) is 43.0. The van der Waals surface area contributed by atoms with Crippen LogP contribution < -0.4 is 18.9 Å². The van der Waals surface area contributed by atoms with E-state index in [-0.39, 0.29) is 87.5 Å². The molecule has 66 heavy (non-hydrogen) atoms. The highest BCUT2D eigenvalue weighted by atomic mass is 16.6. The van der Waals surface area contributed by atoms with Gasteiger partial charge in [-0.05, 0) is 112 Å². The van der Waals surface area contributed by atoms with Crippen LogP contribution in [0.4, 0.5) is 9.59 Å². The topological polar surface area (TPSA) is 177 Å². The minimum Gasteiger partial charge on any atom is -0.477 e. The van der Waals surface area contributed by atoms with Crippen molar-refractivity contribution in [3.8, 4) is 23.0 Å². The van der Waals surface area contributed by atoms with Crippen LogP contribution >= 0.6 is 0 Å². The zero-order valence-corrected chi connectivity index (χ0v) is 38.1. The number of rotatable bonds is 15. The smallest absolute Gasteiger partial charge is 0.415 e. The van der Waals surface area contributed by atoms with Crippen LogP contribution in [0.25, 0.3) is 0 Å². The molecule has 8 atom stereocenters. The molecule has 4 saturated carbocycles. The Morgan fingerprint density at radius 2 is 1.08 bits per heavy atom. The summed E-state index contributed by atoms with van der Waals surface area (Å²) in [6, 6.07) is 7.31. The van der Waals surface area contributed by atoms with E-state index < -0.39 is 46.4 Å². The molecule has 2 N–H and O–H groups in total. The van der Waals surface area contributed by atoms with Gasteiger partial charge in [-0.2, -0.15) is 0 Å². The van der Waals surface area contributed by atoms with Gasteiger partial charge >= 0.3 is 12.2 Å². The van der Waals surface area contributed by atoms with Gasteiger partial charge in [0.05, 0.1) is 48.5 Å². The fourth-order valence-electron chi connectivity index (χ4n) is 13.9. The molecule has 6 fully saturated rings. The van der Waals surface area contributed by atoms with Gasteiger partial charge in [-0.15, -0.1) is 0 Å². The number of ketones is 2. The lowest BCUT2D eigenvalue weighted by molar-refractivity contribution is -0.188. The fourth-order valence-corrected chi connectivity index (χ4v) is 13.9. The second kappa shape index (κ2) is 15.6. The van der Waals surface area contributed by atoms with Gasteiger partial charge in [0, 0.05) is 76.3 Å². The predicted octanol–water partition coefficient (Wildman–Crippen LogP) is 3.55. The van der Waals surface area contributed by atoms with Crippen molar-refractivity contribution < 1.29 is 57.8 Å². The summed E-state index contributed by atoms with van der Waals surface area (Å²) in [6.45, 7) is 5.05. The lowest BCUT2D eigenvalue weighted by Gasteiger charge is -2.62. The Morgan fingerprint density at radius 1 is 0.652 bits per heavy atom. The third-order valence-corrected chi connectivity index (χ3v) is 17.6. The average Bonchev–Trinajstić information content (AvgIpc) is 4.23. The first-order chi connectivity index (χ1) is 31.9. The summed E-state index contributed by atoms with van der Waals surface area (Å²) in [6.07, 6.45) is 6.09. The molecule has 0 aromatic heterocycles. The molecule has 10 aliphatic rings. The normalized spacial score (nSPS) is 34.2. The second-order valence-electron chi connectivity index (χ2n) is 21.2. The van der Waals surface area contributed by atoms with Crippen LogP contribution in [0, 0.1) is 11.8 Å². The number of ether oxygens (including phenoxy) is 6. The van der Waals surface area contributed by atoms with Crippen LogP contribution in [0.3, 0.4) is 0 Å². The molecule has 2 aromatic carbocycles. The maximum absolute atomic E-state index is 13.4. The van der Waals surface area contributed by atoms with Crippen molar-refractivity contribution in [1.82, 2.24) is 19.6 Å². The summed E-state index contributed by atoms with van der Waals surface area (Å²) in [5.41, 5.74) is -0.0696. The number of likely N-dealkylation sites (N-methyl/N-ethyl adjacent to an activating group) is 2. The van der Waals surface area contributed by atoms with Crippen molar-refractivity contribution in [1.29, 1.82) is 0 Å². The highest BCUT2D eigenvalue weighted by Gasteiger charge is 2.75. The Hall–Kier alpha value is -4.32. The highest BCUT2D eigenvalue weighted by molar-refractivity contribution is 5.91. The molecule has 4 bridgehead atoms. The third kappa shape index (κ3) is 6.29. The molecule has 0 radical (unpaired) electrons.